The number of hydrogen-bond acceptors (Lipinski definition) is 4. The van der Waals surface area contributed by atoms with Crippen LogP contribution in [0.4, 0.5) is 0 Å². The smallest absolute Gasteiger partial charge is 0.247 e. The summed E-state index contributed by atoms with van der Waals surface area (Å²) in [5.41, 5.74) is 0.868. The molecule has 0 radical (unpaired) electrons. The molecule has 0 aromatic heterocycles. The lowest BCUT2D eigenvalue weighted by Crippen LogP contribution is -2.34. The largest absolute Gasteiger partial charge is 0.505 e. The number of aromatic hydroxyl groups is 1. The standard InChI is InChI=1S/C22H31Cl2NO4S/c1-6-9-10-25(14-17(7-2)11-19(8-3)29-15-16(4)5)30(27,28)21-13-18(23)12-20(24)22(21)26/h6,8,11-13,16,26H,1,7,9-10,14-15H2,2-5H3/b17-11+,19-8+. The molecule has 0 aliphatic carbocycles. The monoisotopic (exact) mass is 475 g/mol. The van der Waals surface area contributed by atoms with Crippen molar-refractivity contribution < 1.29 is 18.3 Å². The molecule has 0 bridgehead atoms. The molecule has 1 aromatic carbocycles. The van der Waals surface area contributed by atoms with Crippen LogP contribution >= 0.6 is 23.2 Å². The molecule has 0 amide bonds. The second-order valence-electron chi connectivity index (χ2n) is 7.20. The van der Waals surface area contributed by atoms with E-state index in [0.29, 0.717) is 31.1 Å². The first-order chi connectivity index (χ1) is 14.1. The van der Waals surface area contributed by atoms with Crippen LogP contribution in [0.2, 0.25) is 10.0 Å². The molecular formula is C22H31Cl2NO4S. The number of allylic oxidation sites excluding steroid dienone is 2. The summed E-state index contributed by atoms with van der Waals surface area (Å²) in [5, 5.41) is 10.3. The molecular weight excluding hydrogens is 445 g/mol. The molecule has 1 N–H and O–H groups in total. The van der Waals surface area contributed by atoms with E-state index in [4.69, 9.17) is 27.9 Å². The van der Waals surface area contributed by atoms with Crippen molar-refractivity contribution in [2.24, 2.45) is 5.92 Å². The zero-order valence-corrected chi connectivity index (χ0v) is 20.3. The van der Waals surface area contributed by atoms with Crippen LogP contribution in [-0.2, 0) is 14.8 Å². The van der Waals surface area contributed by atoms with Gasteiger partial charge < -0.3 is 9.84 Å². The molecule has 1 rings (SSSR count). The minimum absolute atomic E-state index is 0.116. The quantitative estimate of drug-likeness (QED) is 0.222. The predicted octanol–water partition coefficient (Wildman–Crippen LogP) is 6.18. The van der Waals surface area contributed by atoms with Gasteiger partial charge in [0.25, 0.3) is 0 Å². The molecule has 0 aliphatic rings. The molecule has 0 saturated heterocycles. The first-order valence-corrected chi connectivity index (χ1v) is 12.0. The Morgan fingerprint density at radius 3 is 2.53 bits per heavy atom. The van der Waals surface area contributed by atoms with E-state index in [2.05, 4.69) is 20.4 Å². The maximum Gasteiger partial charge on any atom is 0.247 e. The number of benzene rings is 1. The topological polar surface area (TPSA) is 66.8 Å². The molecule has 0 aliphatic heterocycles. The number of ether oxygens (including phenoxy) is 1. The first-order valence-electron chi connectivity index (χ1n) is 9.84. The SMILES string of the molecule is C=CCCN(C/C(=C/C(=C\C)OCC(C)C)CC)S(=O)(=O)c1cc(Cl)cc(Cl)c1O. The van der Waals surface area contributed by atoms with E-state index >= 15 is 0 Å². The maximum atomic E-state index is 13.3. The summed E-state index contributed by atoms with van der Waals surface area (Å²) in [4.78, 5) is -0.318. The summed E-state index contributed by atoms with van der Waals surface area (Å²) in [6, 6.07) is 2.50. The number of halogens is 2. The maximum absolute atomic E-state index is 13.3. The summed E-state index contributed by atoms with van der Waals surface area (Å²) in [6.45, 7) is 12.5. The average Bonchev–Trinajstić information content (AvgIpc) is 2.68. The van der Waals surface area contributed by atoms with Crippen LogP contribution in [0.5, 0.6) is 5.75 Å². The van der Waals surface area contributed by atoms with E-state index < -0.39 is 15.8 Å². The fourth-order valence-electron chi connectivity index (χ4n) is 2.56. The lowest BCUT2D eigenvalue weighted by atomic mass is 10.1. The predicted molar refractivity (Wildman–Crippen MR) is 125 cm³/mol. The van der Waals surface area contributed by atoms with Gasteiger partial charge >= 0.3 is 0 Å². The minimum atomic E-state index is -4.06. The Morgan fingerprint density at radius 1 is 1.33 bits per heavy atom. The van der Waals surface area contributed by atoms with Gasteiger partial charge in [0.2, 0.25) is 10.0 Å². The fourth-order valence-corrected chi connectivity index (χ4v) is 4.76. The Hall–Kier alpha value is -1.47. The lowest BCUT2D eigenvalue weighted by Gasteiger charge is -2.24. The fraction of sp³-hybridized carbons (Fsp3) is 0.455. The highest BCUT2D eigenvalue weighted by Crippen LogP contribution is 2.36. The summed E-state index contributed by atoms with van der Waals surface area (Å²) >= 11 is 11.9. The number of rotatable bonds is 12. The van der Waals surface area contributed by atoms with E-state index in [0.717, 1.165) is 5.57 Å². The van der Waals surface area contributed by atoms with Crippen molar-refractivity contribution in [3.63, 3.8) is 0 Å². The molecule has 8 heteroatoms. The molecule has 168 valence electrons. The van der Waals surface area contributed by atoms with Crippen LogP contribution in [0.3, 0.4) is 0 Å². The number of sulfonamides is 1. The Morgan fingerprint density at radius 2 is 2.00 bits per heavy atom. The van der Waals surface area contributed by atoms with Gasteiger partial charge in [-0.05, 0) is 50.0 Å². The van der Waals surface area contributed by atoms with Gasteiger partial charge in [0, 0.05) is 18.1 Å². The molecule has 0 spiro atoms. The average molecular weight is 476 g/mol. The van der Waals surface area contributed by atoms with Gasteiger partial charge in [-0.25, -0.2) is 8.42 Å². The van der Waals surface area contributed by atoms with Crippen molar-refractivity contribution in [2.45, 2.75) is 45.4 Å². The summed E-state index contributed by atoms with van der Waals surface area (Å²) < 4.78 is 33.7. The van der Waals surface area contributed by atoms with E-state index in [9.17, 15) is 13.5 Å². The molecule has 5 nitrogen and oxygen atoms in total. The summed E-state index contributed by atoms with van der Waals surface area (Å²) in [5.74, 6) is 0.551. The molecule has 0 fully saturated rings. The number of hydrogen-bond donors (Lipinski definition) is 1. The Bertz CT molecular complexity index is 893. The second-order valence-corrected chi connectivity index (χ2v) is 9.95. The van der Waals surface area contributed by atoms with Crippen molar-refractivity contribution in [1.82, 2.24) is 4.31 Å². The zero-order chi connectivity index (χ0) is 22.9. The van der Waals surface area contributed by atoms with E-state index in [1.54, 1.807) is 6.08 Å². The molecule has 0 saturated carbocycles. The number of phenols is 1. The normalized spacial score (nSPS) is 13.2. The van der Waals surface area contributed by atoms with Crippen molar-refractivity contribution >= 4 is 33.2 Å². The molecule has 30 heavy (non-hydrogen) atoms. The van der Waals surface area contributed by atoms with Crippen LogP contribution < -0.4 is 0 Å². The molecule has 0 atom stereocenters. The lowest BCUT2D eigenvalue weighted by molar-refractivity contribution is 0.189. The second kappa shape index (κ2) is 12.4. The number of phenolic OH excluding ortho intramolecular Hbond substituents is 1. The molecule has 0 heterocycles. The van der Waals surface area contributed by atoms with Crippen LogP contribution in [0.1, 0.15) is 40.5 Å². The highest BCUT2D eigenvalue weighted by atomic mass is 35.5. The van der Waals surface area contributed by atoms with Gasteiger partial charge in [-0.2, -0.15) is 4.31 Å². The van der Waals surface area contributed by atoms with Gasteiger partial charge in [0.1, 0.15) is 10.7 Å². The zero-order valence-electron chi connectivity index (χ0n) is 18.0. The minimum Gasteiger partial charge on any atom is -0.505 e. The van der Waals surface area contributed by atoms with Gasteiger partial charge in [-0.15, -0.1) is 6.58 Å². The van der Waals surface area contributed by atoms with Crippen LogP contribution in [-0.4, -0.2) is 37.5 Å². The third kappa shape index (κ3) is 7.65. The number of nitrogens with zero attached hydrogens (tertiary/aromatic N) is 1. The Balaban J connectivity index is 3.31. The highest BCUT2D eigenvalue weighted by Gasteiger charge is 2.29. The van der Waals surface area contributed by atoms with Gasteiger partial charge in [-0.3, -0.25) is 0 Å². The van der Waals surface area contributed by atoms with Gasteiger partial charge in [-0.1, -0.05) is 55.6 Å². The van der Waals surface area contributed by atoms with Crippen LogP contribution in [0.25, 0.3) is 0 Å². The van der Waals surface area contributed by atoms with Crippen LogP contribution in [0.15, 0.2) is 53.2 Å². The third-order valence-corrected chi connectivity index (χ3v) is 6.61. The molecule has 0 unspecified atom stereocenters. The van der Waals surface area contributed by atoms with E-state index in [-0.39, 0.29) is 28.0 Å². The third-order valence-electron chi connectivity index (χ3n) is 4.24. The van der Waals surface area contributed by atoms with E-state index in [1.165, 1.54) is 16.4 Å². The van der Waals surface area contributed by atoms with Gasteiger partial charge in [0.15, 0.2) is 5.75 Å². The van der Waals surface area contributed by atoms with Crippen molar-refractivity contribution in [1.29, 1.82) is 0 Å². The summed E-state index contributed by atoms with van der Waals surface area (Å²) in [7, 11) is -4.06. The van der Waals surface area contributed by atoms with Gasteiger partial charge in [0.05, 0.1) is 11.6 Å². The van der Waals surface area contributed by atoms with E-state index in [1.807, 2.05) is 26.0 Å². The van der Waals surface area contributed by atoms with Crippen molar-refractivity contribution in [3.05, 3.63) is 58.3 Å². The Labute approximate surface area is 190 Å². The Kier molecular flexibility index (Phi) is 11.0. The first kappa shape index (κ1) is 26.6. The molecule has 1 aromatic rings. The van der Waals surface area contributed by atoms with Crippen molar-refractivity contribution in [2.75, 3.05) is 19.7 Å². The van der Waals surface area contributed by atoms with Crippen LogP contribution in [0, 0.1) is 5.92 Å². The summed E-state index contributed by atoms with van der Waals surface area (Å²) in [6.07, 6.45) is 6.44. The van der Waals surface area contributed by atoms with Crippen molar-refractivity contribution in [3.8, 4) is 5.75 Å². The highest BCUT2D eigenvalue weighted by molar-refractivity contribution is 7.89.